The van der Waals surface area contributed by atoms with E-state index in [1.54, 1.807) is 7.05 Å². The molecule has 0 aromatic rings. The van der Waals surface area contributed by atoms with E-state index < -0.39 is 21.6 Å². The van der Waals surface area contributed by atoms with E-state index in [1.165, 1.54) is 0 Å². The number of rotatable bonds is 3. The molecule has 0 aromatic carbocycles. The highest BCUT2D eigenvalue weighted by Gasteiger charge is 2.52. The van der Waals surface area contributed by atoms with Gasteiger partial charge in [0.2, 0.25) is 0 Å². The van der Waals surface area contributed by atoms with E-state index in [-0.39, 0.29) is 13.1 Å². The summed E-state index contributed by atoms with van der Waals surface area (Å²) in [6.45, 7) is 0.198. The van der Waals surface area contributed by atoms with Gasteiger partial charge in [-0.2, -0.15) is 17.5 Å². The SMILES string of the molecule is CNCC1CCCCN1S(=O)(=O)C(F)(F)F. The number of nitrogens with zero attached hydrogens (tertiary/aromatic N) is 1. The van der Waals surface area contributed by atoms with Crippen LogP contribution in [0.2, 0.25) is 0 Å². The van der Waals surface area contributed by atoms with Crippen molar-refractivity contribution in [1.29, 1.82) is 0 Å². The molecule has 16 heavy (non-hydrogen) atoms. The zero-order chi connectivity index (χ0) is 12.4. The summed E-state index contributed by atoms with van der Waals surface area (Å²) in [4.78, 5) is 0. The maximum atomic E-state index is 12.4. The molecule has 96 valence electrons. The van der Waals surface area contributed by atoms with Gasteiger partial charge in [-0.3, -0.25) is 0 Å². The van der Waals surface area contributed by atoms with Crippen LogP contribution in [0, 0.1) is 0 Å². The summed E-state index contributed by atoms with van der Waals surface area (Å²) in [6, 6.07) is -0.592. The third kappa shape index (κ3) is 2.67. The number of nitrogens with one attached hydrogen (secondary N) is 1. The molecule has 0 amide bonds. The first-order valence-corrected chi connectivity index (χ1v) is 6.47. The lowest BCUT2D eigenvalue weighted by atomic mass is 10.1. The molecule has 1 fully saturated rings. The summed E-state index contributed by atoms with van der Waals surface area (Å²) < 4.78 is 60.3. The van der Waals surface area contributed by atoms with Crippen molar-refractivity contribution in [3.8, 4) is 0 Å². The number of alkyl halides is 3. The molecule has 1 aliphatic rings. The average Bonchev–Trinajstić information content (AvgIpc) is 2.17. The lowest BCUT2D eigenvalue weighted by Gasteiger charge is -2.34. The van der Waals surface area contributed by atoms with Crippen LogP contribution >= 0.6 is 0 Å². The highest BCUT2D eigenvalue weighted by Crippen LogP contribution is 2.31. The largest absolute Gasteiger partial charge is 0.511 e. The molecule has 1 rings (SSSR count). The monoisotopic (exact) mass is 260 g/mol. The van der Waals surface area contributed by atoms with Crippen LogP contribution in [-0.2, 0) is 10.0 Å². The van der Waals surface area contributed by atoms with Gasteiger partial charge in [0, 0.05) is 19.1 Å². The van der Waals surface area contributed by atoms with E-state index in [4.69, 9.17) is 0 Å². The Hall–Kier alpha value is -0.340. The second-order valence-electron chi connectivity index (χ2n) is 3.77. The molecular weight excluding hydrogens is 245 g/mol. The number of hydrogen-bond acceptors (Lipinski definition) is 3. The van der Waals surface area contributed by atoms with Crippen LogP contribution in [0.5, 0.6) is 0 Å². The quantitative estimate of drug-likeness (QED) is 0.820. The molecule has 0 spiro atoms. The van der Waals surface area contributed by atoms with Crippen LogP contribution in [0.3, 0.4) is 0 Å². The van der Waals surface area contributed by atoms with Crippen molar-refractivity contribution in [1.82, 2.24) is 9.62 Å². The van der Waals surface area contributed by atoms with Crippen molar-refractivity contribution >= 4 is 10.0 Å². The maximum Gasteiger partial charge on any atom is 0.511 e. The fraction of sp³-hybridized carbons (Fsp3) is 1.00. The Balaban J connectivity index is 2.91. The number of hydrogen-bond donors (Lipinski definition) is 1. The van der Waals surface area contributed by atoms with Crippen molar-refractivity contribution in [2.45, 2.75) is 30.8 Å². The van der Waals surface area contributed by atoms with Gasteiger partial charge in [0.25, 0.3) is 0 Å². The Labute approximate surface area is 92.9 Å². The van der Waals surface area contributed by atoms with Gasteiger partial charge in [0.15, 0.2) is 0 Å². The third-order valence-electron chi connectivity index (χ3n) is 2.61. The molecule has 1 aliphatic heterocycles. The Morgan fingerprint density at radius 1 is 1.38 bits per heavy atom. The lowest BCUT2D eigenvalue weighted by molar-refractivity contribution is -0.0508. The molecule has 1 N–H and O–H groups in total. The van der Waals surface area contributed by atoms with Gasteiger partial charge in [-0.15, -0.1) is 0 Å². The third-order valence-corrected chi connectivity index (χ3v) is 4.30. The summed E-state index contributed by atoms with van der Waals surface area (Å²) in [5, 5.41) is 2.72. The molecule has 1 unspecified atom stereocenters. The van der Waals surface area contributed by atoms with Crippen molar-refractivity contribution in [3.05, 3.63) is 0 Å². The fourth-order valence-electron chi connectivity index (χ4n) is 1.86. The zero-order valence-electron chi connectivity index (χ0n) is 8.92. The minimum absolute atomic E-state index is 0.0474. The van der Waals surface area contributed by atoms with Crippen LogP contribution in [0.15, 0.2) is 0 Å². The maximum absolute atomic E-state index is 12.4. The van der Waals surface area contributed by atoms with E-state index in [2.05, 4.69) is 5.32 Å². The normalized spacial score (nSPS) is 24.6. The molecule has 1 heterocycles. The minimum atomic E-state index is -5.20. The van der Waals surface area contributed by atoms with Gasteiger partial charge in [-0.1, -0.05) is 6.42 Å². The second kappa shape index (κ2) is 4.89. The van der Waals surface area contributed by atoms with E-state index in [0.29, 0.717) is 17.1 Å². The molecule has 8 heteroatoms. The smallest absolute Gasteiger partial charge is 0.318 e. The molecule has 0 saturated carbocycles. The minimum Gasteiger partial charge on any atom is -0.318 e. The van der Waals surface area contributed by atoms with Gasteiger partial charge in [-0.25, -0.2) is 8.42 Å². The number of piperidine rings is 1. The number of sulfonamides is 1. The highest BCUT2D eigenvalue weighted by molar-refractivity contribution is 7.90. The van der Waals surface area contributed by atoms with Crippen molar-refractivity contribution in [3.63, 3.8) is 0 Å². The van der Waals surface area contributed by atoms with Gasteiger partial charge in [-0.05, 0) is 19.9 Å². The van der Waals surface area contributed by atoms with E-state index in [9.17, 15) is 21.6 Å². The Morgan fingerprint density at radius 2 is 2.00 bits per heavy atom. The molecule has 0 radical (unpaired) electrons. The molecule has 1 atom stereocenters. The highest BCUT2D eigenvalue weighted by atomic mass is 32.2. The van der Waals surface area contributed by atoms with Crippen LogP contribution in [0.1, 0.15) is 19.3 Å². The molecule has 0 aliphatic carbocycles. The predicted molar refractivity (Wildman–Crippen MR) is 53.2 cm³/mol. The van der Waals surface area contributed by atoms with Crippen LogP contribution in [0.4, 0.5) is 13.2 Å². The van der Waals surface area contributed by atoms with Crippen molar-refractivity contribution in [2.24, 2.45) is 0 Å². The van der Waals surface area contributed by atoms with E-state index in [1.807, 2.05) is 0 Å². The van der Waals surface area contributed by atoms with E-state index >= 15 is 0 Å². The van der Waals surface area contributed by atoms with Crippen molar-refractivity contribution in [2.75, 3.05) is 20.1 Å². The zero-order valence-corrected chi connectivity index (χ0v) is 9.74. The average molecular weight is 260 g/mol. The number of likely N-dealkylation sites (N-methyl/N-ethyl adjacent to an activating group) is 1. The van der Waals surface area contributed by atoms with Crippen molar-refractivity contribution < 1.29 is 21.6 Å². The molecule has 4 nitrogen and oxygen atoms in total. The Morgan fingerprint density at radius 3 is 2.50 bits per heavy atom. The Bertz CT molecular complexity index is 327. The first-order chi connectivity index (χ1) is 7.30. The van der Waals surface area contributed by atoms with Gasteiger partial charge in [0.05, 0.1) is 0 Å². The summed E-state index contributed by atoms with van der Waals surface area (Å²) in [5.74, 6) is 0. The molecule has 0 aromatic heterocycles. The number of halogens is 3. The standard InChI is InChI=1S/C8H15F3N2O2S/c1-12-6-7-4-2-3-5-13(7)16(14,15)8(9,10)11/h7,12H,2-6H2,1H3. The van der Waals surface area contributed by atoms with Crippen LogP contribution < -0.4 is 5.32 Å². The van der Waals surface area contributed by atoms with Crippen LogP contribution in [0.25, 0.3) is 0 Å². The van der Waals surface area contributed by atoms with Gasteiger partial charge in [0.1, 0.15) is 0 Å². The summed E-state index contributed by atoms with van der Waals surface area (Å²) in [7, 11) is -3.59. The molecule has 0 bridgehead atoms. The summed E-state index contributed by atoms with van der Waals surface area (Å²) in [5.41, 5.74) is -5.20. The Kier molecular flexibility index (Phi) is 4.19. The van der Waals surface area contributed by atoms with Crippen LogP contribution in [-0.4, -0.2) is 44.4 Å². The van der Waals surface area contributed by atoms with E-state index in [0.717, 1.165) is 6.42 Å². The predicted octanol–water partition coefficient (Wildman–Crippen LogP) is 0.910. The molecular formula is C8H15F3N2O2S. The lowest BCUT2D eigenvalue weighted by Crippen LogP contribution is -2.52. The van der Waals surface area contributed by atoms with Gasteiger partial charge >= 0.3 is 15.5 Å². The topological polar surface area (TPSA) is 49.4 Å². The van der Waals surface area contributed by atoms with Gasteiger partial charge < -0.3 is 5.32 Å². The first-order valence-electron chi connectivity index (χ1n) is 5.03. The first kappa shape index (κ1) is 13.7. The molecule has 1 saturated heterocycles. The summed E-state index contributed by atoms with van der Waals surface area (Å²) >= 11 is 0. The summed E-state index contributed by atoms with van der Waals surface area (Å²) in [6.07, 6.45) is 1.71. The fourth-order valence-corrected chi connectivity index (χ4v) is 3.07. The second-order valence-corrected chi connectivity index (χ2v) is 5.65.